The lowest BCUT2D eigenvalue weighted by Crippen LogP contribution is -2.46. The Morgan fingerprint density at radius 3 is 2.42 bits per heavy atom. The van der Waals surface area contributed by atoms with Crippen molar-refractivity contribution in [2.75, 3.05) is 33.7 Å². The normalized spacial score (nSPS) is 19.1. The Bertz CT molecular complexity index is 454. The van der Waals surface area contributed by atoms with Crippen molar-refractivity contribution in [2.24, 2.45) is 10.9 Å². The molecule has 24 heavy (non-hydrogen) atoms. The summed E-state index contributed by atoms with van der Waals surface area (Å²) in [6.07, 6.45) is 6.28. The standard InChI is InChI=1S/C17H31N5O2/c1-18-16(24)12-13-7-10-22(11-8-13)17(19-2)20-9-3-4-15(23)21-14-5-6-14/h13-14H,3-12H2,1-2H3,(H,18,24)(H,19,20)(H,21,23). The average Bonchev–Trinajstić information content (AvgIpc) is 3.39. The van der Waals surface area contributed by atoms with Crippen molar-refractivity contribution in [3.63, 3.8) is 0 Å². The van der Waals surface area contributed by atoms with Gasteiger partial charge < -0.3 is 20.9 Å². The number of carbonyl (C=O) groups excluding carboxylic acids is 2. The van der Waals surface area contributed by atoms with Gasteiger partial charge in [-0.15, -0.1) is 0 Å². The summed E-state index contributed by atoms with van der Waals surface area (Å²) < 4.78 is 0. The molecule has 1 saturated carbocycles. The van der Waals surface area contributed by atoms with Crippen LogP contribution in [-0.4, -0.2) is 62.4 Å². The molecule has 0 atom stereocenters. The van der Waals surface area contributed by atoms with E-state index < -0.39 is 0 Å². The quantitative estimate of drug-likeness (QED) is 0.358. The summed E-state index contributed by atoms with van der Waals surface area (Å²) in [5.74, 6) is 1.64. The number of aliphatic imine (C=N–C) groups is 1. The monoisotopic (exact) mass is 337 g/mol. The molecule has 0 aromatic heterocycles. The minimum Gasteiger partial charge on any atom is -0.359 e. The maximum Gasteiger partial charge on any atom is 0.220 e. The third kappa shape index (κ3) is 6.37. The van der Waals surface area contributed by atoms with Gasteiger partial charge in [-0.25, -0.2) is 0 Å². The molecule has 1 aliphatic heterocycles. The van der Waals surface area contributed by atoms with E-state index in [-0.39, 0.29) is 11.8 Å². The number of rotatable bonds is 7. The number of likely N-dealkylation sites (tertiary alicyclic amines) is 1. The van der Waals surface area contributed by atoms with Gasteiger partial charge in [-0.3, -0.25) is 14.6 Å². The maximum atomic E-state index is 11.6. The molecule has 1 saturated heterocycles. The van der Waals surface area contributed by atoms with Crippen LogP contribution < -0.4 is 16.0 Å². The van der Waals surface area contributed by atoms with E-state index >= 15 is 0 Å². The molecule has 1 aliphatic carbocycles. The van der Waals surface area contributed by atoms with Gasteiger partial charge >= 0.3 is 0 Å². The summed E-state index contributed by atoms with van der Waals surface area (Å²) in [4.78, 5) is 29.7. The Labute approximate surface area is 144 Å². The number of carbonyl (C=O) groups is 2. The predicted octanol–water partition coefficient (Wildman–Crippen LogP) is 0.469. The minimum atomic E-state index is 0.125. The summed E-state index contributed by atoms with van der Waals surface area (Å²) in [7, 11) is 3.48. The highest BCUT2D eigenvalue weighted by molar-refractivity contribution is 5.80. The number of nitrogens with zero attached hydrogens (tertiary/aromatic N) is 2. The average molecular weight is 337 g/mol. The topological polar surface area (TPSA) is 85.8 Å². The highest BCUT2D eigenvalue weighted by atomic mass is 16.2. The van der Waals surface area contributed by atoms with Gasteiger partial charge in [0.15, 0.2) is 5.96 Å². The van der Waals surface area contributed by atoms with E-state index in [2.05, 4.69) is 25.8 Å². The smallest absolute Gasteiger partial charge is 0.220 e. The second-order valence-electron chi connectivity index (χ2n) is 6.73. The largest absolute Gasteiger partial charge is 0.359 e. The van der Waals surface area contributed by atoms with E-state index in [1.165, 1.54) is 0 Å². The summed E-state index contributed by atoms with van der Waals surface area (Å²) in [6, 6.07) is 0.439. The molecule has 7 heteroatoms. The molecule has 1 heterocycles. The van der Waals surface area contributed by atoms with Crippen LogP contribution in [0.4, 0.5) is 0 Å². The molecule has 0 aromatic carbocycles. The van der Waals surface area contributed by atoms with Crippen molar-refractivity contribution in [1.82, 2.24) is 20.9 Å². The maximum absolute atomic E-state index is 11.6. The van der Waals surface area contributed by atoms with E-state index in [4.69, 9.17) is 0 Å². The third-order valence-corrected chi connectivity index (χ3v) is 4.68. The van der Waals surface area contributed by atoms with E-state index in [0.29, 0.717) is 24.8 Å². The molecule has 2 aliphatic rings. The fraction of sp³-hybridized carbons (Fsp3) is 0.824. The lowest BCUT2D eigenvalue weighted by Gasteiger charge is -2.34. The Hall–Kier alpha value is -1.79. The van der Waals surface area contributed by atoms with Crippen LogP contribution in [0, 0.1) is 5.92 Å². The molecule has 2 rings (SSSR count). The fourth-order valence-electron chi connectivity index (χ4n) is 3.02. The highest BCUT2D eigenvalue weighted by Crippen LogP contribution is 2.20. The number of guanidine groups is 1. The van der Waals surface area contributed by atoms with Gasteiger partial charge in [0, 0.05) is 52.6 Å². The molecule has 7 nitrogen and oxygen atoms in total. The Kier molecular flexibility index (Phi) is 7.34. The molecular weight excluding hydrogens is 306 g/mol. The fourth-order valence-corrected chi connectivity index (χ4v) is 3.02. The van der Waals surface area contributed by atoms with Crippen LogP contribution in [0.15, 0.2) is 4.99 Å². The van der Waals surface area contributed by atoms with Gasteiger partial charge in [-0.05, 0) is 38.0 Å². The van der Waals surface area contributed by atoms with Crippen LogP contribution in [0.2, 0.25) is 0 Å². The van der Waals surface area contributed by atoms with Gasteiger partial charge in [0.25, 0.3) is 0 Å². The molecule has 0 spiro atoms. The summed E-state index contributed by atoms with van der Waals surface area (Å²) in [5.41, 5.74) is 0. The first-order valence-corrected chi connectivity index (χ1v) is 9.08. The van der Waals surface area contributed by atoms with Crippen LogP contribution in [0.3, 0.4) is 0 Å². The number of amides is 2. The third-order valence-electron chi connectivity index (χ3n) is 4.68. The van der Waals surface area contributed by atoms with Crippen molar-refractivity contribution in [3.8, 4) is 0 Å². The van der Waals surface area contributed by atoms with Crippen molar-refractivity contribution < 1.29 is 9.59 Å². The molecule has 0 aromatic rings. The van der Waals surface area contributed by atoms with Gasteiger partial charge in [0.05, 0.1) is 0 Å². The Morgan fingerprint density at radius 1 is 1.12 bits per heavy atom. The van der Waals surface area contributed by atoms with E-state index in [1.54, 1.807) is 14.1 Å². The van der Waals surface area contributed by atoms with E-state index in [1.807, 2.05) is 0 Å². The molecule has 3 N–H and O–H groups in total. The van der Waals surface area contributed by atoms with Crippen molar-refractivity contribution in [1.29, 1.82) is 0 Å². The second kappa shape index (κ2) is 9.49. The van der Waals surface area contributed by atoms with Gasteiger partial charge in [0.2, 0.25) is 11.8 Å². The van der Waals surface area contributed by atoms with Crippen molar-refractivity contribution in [2.45, 2.75) is 51.0 Å². The molecular formula is C17H31N5O2. The van der Waals surface area contributed by atoms with E-state index in [0.717, 1.165) is 57.7 Å². The zero-order valence-electron chi connectivity index (χ0n) is 14.9. The number of piperidine rings is 1. The SMILES string of the molecule is CN=C(NCCCC(=O)NC1CC1)N1CCC(CC(=O)NC)CC1. The van der Waals surface area contributed by atoms with Crippen LogP contribution in [0.25, 0.3) is 0 Å². The van der Waals surface area contributed by atoms with Gasteiger partial charge in [-0.2, -0.15) is 0 Å². The molecule has 0 radical (unpaired) electrons. The van der Waals surface area contributed by atoms with Crippen molar-refractivity contribution >= 4 is 17.8 Å². The Balaban J connectivity index is 1.61. The minimum absolute atomic E-state index is 0.125. The predicted molar refractivity (Wildman–Crippen MR) is 94.7 cm³/mol. The zero-order chi connectivity index (χ0) is 17.4. The van der Waals surface area contributed by atoms with Gasteiger partial charge in [0.1, 0.15) is 0 Å². The first-order chi connectivity index (χ1) is 11.6. The second-order valence-corrected chi connectivity index (χ2v) is 6.73. The van der Waals surface area contributed by atoms with Crippen LogP contribution in [0.1, 0.15) is 44.9 Å². The first kappa shape index (κ1) is 18.5. The summed E-state index contributed by atoms with van der Waals surface area (Å²) in [5, 5.41) is 9.05. The number of hydrogen-bond donors (Lipinski definition) is 3. The van der Waals surface area contributed by atoms with E-state index in [9.17, 15) is 9.59 Å². The lowest BCUT2D eigenvalue weighted by molar-refractivity contribution is -0.122. The van der Waals surface area contributed by atoms with Crippen LogP contribution in [0.5, 0.6) is 0 Å². The lowest BCUT2D eigenvalue weighted by atomic mass is 9.93. The highest BCUT2D eigenvalue weighted by Gasteiger charge is 2.24. The van der Waals surface area contributed by atoms with Gasteiger partial charge in [-0.1, -0.05) is 0 Å². The first-order valence-electron chi connectivity index (χ1n) is 9.08. The number of hydrogen-bond acceptors (Lipinski definition) is 3. The molecule has 2 amide bonds. The molecule has 2 fully saturated rings. The van der Waals surface area contributed by atoms with Crippen LogP contribution in [-0.2, 0) is 9.59 Å². The zero-order valence-corrected chi connectivity index (χ0v) is 14.9. The molecule has 0 unspecified atom stereocenters. The summed E-state index contributed by atoms with van der Waals surface area (Å²) >= 11 is 0. The molecule has 136 valence electrons. The number of nitrogens with one attached hydrogen (secondary N) is 3. The molecule has 0 bridgehead atoms. The van der Waals surface area contributed by atoms with Crippen molar-refractivity contribution in [3.05, 3.63) is 0 Å². The van der Waals surface area contributed by atoms with Crippen LogP contribution >= 0.6 is 0 Å². The Morgan fingerprint density at radius 2 is 1.83 bits per heavy atom. The summed E-state index contributed by atoms with van der Waals surface area (Å²) in [6.45, 7) is 2.59.